The molecule has 2 amide bonds. The summed E-state index contributed by atoms with van der Waals surface area (Å²) >= 11 is 0. The number of hydrogen-bond acceptors (Lipinski definition) is 3. The van der Waals surface area contributed by atoms with Crippen LogP contribution in [0, 0.1) is 0 Å². The second-order valence-electron chi connectivity index (χ2n) is 9.07. The molecule has 0 radical (unpaired) electrons. The van der Waals surface area contributed by atoms with E-state index in [1.165, 1.54) is 5.39 Å². The van der Waals surface area contributed by atoms with Crippen LogP contribution < -0.4 is 11.5 Å². The largest absolute Gasteiger partial charge is 0.368 e. The Kier molecular flexibility index (Phi) is 8.48. The van der Waals surface area contributed by atoms with Gasteiger partial charge in [0.1, 0.15) is 6.04 Å². The van der Waals surface area contributed by atoms with Crippen LogP contribution in [0.15, 0.2) is 103 Å². The maximum Gasteiger partial charge on any atom is 0.240 e. The quantitative estimate of drug-likeness (QED) is 0.329. The highest BCUT2D eigenvalue weighted by atomic mass is 16.2. The summed E-state index contributed by atoms with van der Waals surface area (Å²) in [6.45, 7) is 0.808. The SMILES string of the molecule is NCCC[C@H](C(N)=O)N(CCc1ccc2ccccc2c1)C(=O)C(c1ccccc1)c1ccccc1. The standard InChI is InChI=1S/C31H33N3O2/c32-20-9-16-28(30(33)35)34(21-19-23-17-18-24-10-7-8-15-27(24)22-23)31(36)29(25-11-3-1-4-12-25)26-13-5-2-6-14-26/h1-8,10-15,17-18,22,28-29H,9,16,19-21,32H2,(H2,33,35)/t28-/m1/s1. The van der Waals surface area contributed by atoms with E-state index in [1.54, 1.807) is 4.90 Å². The fourth-order valence-corrected chi connectivity index (χ4v) is 4.76. The molecule has 0 aliphatic rings. The summed E-state index contributed by atoms with van der Waals surface area (Å²) in [5.74, 6) is -1.17. The fourth-order valence-electron chi connectivity index (χ4n) is 4.76. The number of carbonyl (C=O) groups excluding carboxylic acids is 2. The zero-order chi connectivity index (χ0) is 25.3. The number of nitrogens with zero attached hydrogens (tertiary/aromatic N) is 1. The molecule has 0 heterocycles. The van der Waals surface area contributed by atoms with Crippen LogP contribution in [0.3, 0.4) is 0 Å². The van der Waals surface area contributed by atoms with E-state index >= 15 is 0 Å². The van der Waals surface area contributed by atoms with Gasteiger partial charge in [0.2, 0.25) is 11.8 Å². The lowest BCUT2D eigenvalue weighted by atomic mass is 9.89. The third-order valence-electron chi connectivity index (χ3n) is 6.64. The molecule has 5 nitrogen and oxygen atoms in total. The summed E-state index contributed by atoms with van der Waals surface area (Å²) in [6, 6.07) is 33.2. The lowest BCUT2D eigenvalue weighted by molar-refractivity contribution is -0.140. The summed E-state index contributed by atoms with van der Waals surface area (Å²) < 4.78 is 0. The molecule has 0 aromatic heterocycles. The lowest BCUT2D eigenvalue weighted by Gasteiger charge is -2.33. The predicted octanol–water partition coefficient (Wildman–Crippen LogP) is 4.64. The number of amides is 2. The van der Waals surface area contributed by atoms with Gasteiger partial charge in [-0.25, -0.2) is 0 Å². The monoisotopic (exact) mass is 479 g/mol. The molecule has 0 fully saturated rings. The van der Waals surface area contributed by atoms with E-state index < -0.39 is 17.9 Å². The Morgan fingerprint density at radius 2 is 1.33 bits per heavy atom. The van der Waals surface area contributed by atoms with Crippen molar-refractivity contribution in [2.24, 2.45) is 11.5 Å². The predicted molar refractivity (Wildman–Crippen MR) is 145 cm³/mol. The molecule has 0 aliphatic heterocycles. The smallest absolute Gasteiger partial charge is 0.240 e. The Morgan fingerprint density at radius 3 is 1.92 bits per heavy atom. The van der Waals surface area contributed by atoms with Gasteiger partial charge in [-0.2, -0.15) is 0 Å². The third kappa shape index (κ3) is 5.99. The summed E-state index contributed by atoms with van der Waals surface area (Å²) in [4.78, 5) is 28.6. The molecule has 36 heavy (non-hydrogen) atoms. The molecule has 0 saturated heterocycles. The van der Waals surface area contributed by atoms with Gasteiger partial charge in [0.15, 0.2) is 0 Å². The van der Waals surface area contributed by atoms with Crippen molar-refractivity contribution in [3.63, 3.8) is 0 Å². The summed E-state index contributed by atoms with van der Waals surface area (Å²) in [5.41, 5.74) is 14.5. The van der Waals surface area contributed by atoms with Crippen molar-refractivity contribution in [3.05, 3.63) is 120 Å². The molecular weight excluding hydrogens is 446 g/mol. The number of hydrogen-bond donors (Lipinski definition) is 2. The molecule has 4 rings (SSSR count). The first kappa shape index (κ1) is 25.1. The van der Waals surface area contributed by atoms with Crippen molar-refractivity contribution >= 4 is 22.6 Å². The molecule has 0 aliphatic carbocycles. The fraction of sp³-hybridized carbons (Fsp3) is 0.226. The Labute approximate surface area is 212 Å². The van der Waals surface area contributed by atoms with Gasteiger partial charge in [-0.3, -0.25) is 9.59 Å². The minimum atomic E-state index is -0.726. The van der Waals surface area contributed by atoms with E-state index in [4.69, 9.17) is 11.5 Å². The molecule has 184 valence electrons. The molecule has 1 atom stereocenters. The Bertz CT molecular complexity index is 1250. The van der Waals surface area contributed by atoms with Crippen LogP contribution in [0.2, 0.25) is 0 Å². The van der Waals surface area contributed by atoms with Crippen molar-refractivity contribution in [1.82, 2.24) is 4.90 Å². The first-order chi connectivity index (χ1) is 17.6. The highest BCUT2D eigenvalue weighted by Gasteiger charge is 2.34. The topological polar surface area (TPSA) is 89.4 Å². The van der Waals surface area contributed by atoms with Gasteiger partial charge in [-0.05, 0) is 53.3 Å². The van der Waals surface area contributed by atoms with E-state index in [0.717, 1.165) is 22.1 Å². The number of fused-ring (bicyclic) bond motifs is 1. The van der Waals surface area contributed by atoms with Crippen LogP contribution in [0.1, 0.15) is 35.4 Å². The van der Waals surface area contributed by atoms with Crippen molar-refractivity contribution in [2.45, 2.75) is 31.2 Å². The van der Waals surface area contributed by atoms with Gasteiger partial charge < -0.3 is 16.4 Å². The second-order valence-corrected chi connectivity index (χ2v) is 9.07. The van der Waals surface area contributed by atoms with Crippen LogP contribution in [0.25, 0.3) is 10.8 Å². The van der Waals surface area contributed by atoms with Gasteiger partial charge >= 0.3 is 0 Å². The molecule has 0 saturated carbocycles. The third-order valence-corrected chi connectivity index (χ3v) is 6.64. The van der Waals surface area contributed by atoms with Gasteiger partial charge in [-0.15, -0.1) is 0 Å². The average Bonchev–Trinajstić information content (AvgIpc) is 2.91. The van der Waals surface area contributed by atoms with Crippen LogP contribution in [0.5, 0.6) is 0 Å². The maximum absolute atomic E-state index is 14.3. The van der Waals surface area contributed by atoms with Crippen molar-refractivity contribution < 1.29 is 9.59 Å². The molecule has 0 spiro atoms. The van der Waals surface area contributed by atoms with Crippen molar-refractivity contribution in [3.8, 4) is 0 Å². The van der Waals surface area contributed by atoms with Crippen LogP contribution in [0.4, 0.5) is 0 Å². The average molecular weight is 480 g/mol. The van der Waals surface area contributed by atoms with Crippen LogP contribution in [-0.4, -0.2) is 35.8 Å². The number of carbonyl (C=O) groups is 2. The van der Waals surface area contributed by atoms with Crippen molar-refractivity contribution in [1.29, 1.82) is 0 Å². The first-order valence-corrected chi connectivity index (χ1v) is 12.5. The Hall–Kier alpha value is -3.96. The molecule has 4 aromatic carbocycles. The van der Waals surface area contributed by atoms with E-state index in [9.17, 15) is 9.59 Å². The van der Waals surface area contributed by atoms with Gasteiger partial charge in [0, 0.05) is 6.54 Å². The summed E-state index contributed by atoms with van der Waals surface area (Å²) in [7, 11) is 0. The van der Waals surface area contributed by atoms with Gasteiger partial charge in [0.25, 0.3) is 0 Å². The number of benzene rings is 4. The zero-order valence-electron chi connectivity index (χ0n) is 20.4. The van der Waals surface area contributed by atoms with Crippen LogP contribution >= 0.6 is 0 Å². The molecule has 4 aromatic rings. The lowest BCUT2D eigenvalue weighted by Crippen LogP contribution is -2.50. The Balaban J connectivity index is 1.69. The molecule has 4 N–H and O–H groups in total. The number of rotatable bonds is 11. The maximum atomic E-state index is 14.3. The van der Waals surface area contributed by atoms with E-state index in [0.29, 0.717) is 32.4 Å². The zero-order valence-corrected chi connectivity index (χ0v) is 20.4. The summed E-state index contributed by atoms with van der Waals surface area (Å²) in [6.07, 6.45) is 1.65. The number of primary amides is 1. The van der Waals surface area contributed by atoms with E-state index in [-0.39, 0.29) is 5.91 Å². The molecular formula is C31H33N3O2. The normalized spacial score (nSPS) is 11.9. The van der Waals surface area contributed by atoms with Gasteiger partial charge in [0.05, 0.1) is 5.92 Å². The van der Waals surface area contributed by atoms with Crippen molar-refractivity contribution in [2.75, 3.05) is 13.1 Å². The molecule has 0 bridgehead atoms. The molecule has 0 unspecified atom stereocenters. The number of nitrogens with two attached hydrogens (primary N) is 2. The summed E-state index contributed by atoms with van der Waals surface area (Å²) in [5, 5.41) is 2.31. The van der Waals surface area contributed by atoms with E-state index in [2.05, 4.69) is 30.3 Å². The minimum absolute atomic E-state index is 0.131. The van der Waals surface area contributed by atoms with Crippen LogP contribution in [-0.2, 0) is 16.0 Å². The van der Waals surface area contributed by atoms with E-state index in [1.807, 2.05) is 72.8 Å². The Morgan fingerprint density at radius 1 is 0.750 bits per heavy atom. The second kappa shape index (κ2) is 12.1. The highest BCUT2D eigenvalue weighted by Crippen LogP contribution is 2.29. The highest BCUT2D eigenvalue weighted by molar-refractivity contribution is 5.92. The molecule has 5 heteroatoms. The van der Waals surface area contributed by atoms with Gasteiger partial charge in [-0.1, -0.05) is 103 Å². The first-order valence-electron chi connectivity index (χ1n) is 12.5. The minimum Gasteiger partial charge on any atom is -0.368 e.